The van der Waals surface area contributed by atoms with E-state index in [-0.39, 0.29) is 5.54 Å². The number of hydrogen-bond acceptors (Lipinski definition) is 2. The van der Waals surface area contributed by atoms with Crippen LogP contribution in [-0.2, 0) is 4.74 Å². The van der Waals surface area contributed by atoms with E-state index in [1.165, 1.54) is 0 Å². The average molecular weight is 243 g/mol. The zero-order valence-corrected chi connectivity index (χ0v) is 13.0. The van der Waals surface area contributed by atoms with Crippen LogP contribution in [-0.4, -0.2) is 25.3 Å². The maximum Gasteiger partial charge on any atom is 0.0469 e. The molecule has 0 saturated carbocycles. The van der Waals surface area contributed by atoms with E-state index in [2.05, 4.69) is 53.8 Å². The maximum absolute atomic E-state index is 5.61. The van der Waals surface area contributed by atoms with Gasteiger partial charge < -0.3 is 10.1 Å². The summed E-state index contributed by atoms with van der Waals surface area (Å²) in [5, 5.41) is 3.61. The van der Waals surface area contributed by atoms with Crippen LogP contribution in [0.4, 0.5) is 0 Å². The first-order valence-corrected chi connectivity index (χ1v) is 6.99. The lowest BCUT2D eigenvalue weighted by Gasteiger charge is -2.34. The molecule has 0 aromatic rings. The maximum atomic E-state index is 5.61. The third-order valence-electron chi connectivity index (χ3n) is 3.06. The Morgan fingerprint density at radius 2 is 1.59 bits per heavy atom. The predicted molar refractivity (Wildman–Crippen MR) is 76.4 cm³/mol. The topological polar surface area (TPSA) is 21.3 Å². The highest BCUT2D eigenvalue weighted by atomic mass is 16.5. The Morgan fingerprint density at radius 3 is 2.00 bits per heavy atom. The van der Waals surface area contributed by atoms with Gasteiger partial charge in [0.15, 0.2) is 0 Å². The summed E-state index contributed by atoms with van der Waals surface area (Å²) in [6, 6.07) is 0. The van der Waals surface area contributed by atoms with E-state index in [4.69, 9.17) is 4.74 Å². The molecule has 1 unspecified atom stereocenters. The van der Waals surface area contributed by atoms with E-state index in [1.54, 1.807) is 0 Å². The minimum atomic E-state index is 0.202. The molecule has 0 amide bonds. The van der Waals surface area contributed by atoms with Crippen molar-refractivity contribution in [1.82, 2.24) is 5.32 Å². The molecular formula is C15H33NO. The van der Waals surface area contributed by atoms with Crippen LogP contribution in [0.25, 0.3) is 0 Å². The summed E-state index contributed by atoms with van der Waals surface area (Å²) in [5.74, 6) is 0.665. The summed E-state index contributed by atoms with van der Waals surface area (Å²) in [7, 11) is 0. The van der Waals surface area contributed by atoms with E-state index >= 15 is 0 Å². The SMILES string of the molecule is CCCOCCC(CNC(C)(C)C)C(C)(C)C. The first-order chi connectivity index (χ1) is 7.67. The predicted octanol–water partition coefficient (Wildman–Crippen LogP) is 3.85. The second kappa shape index (κ2) is 7.38. The summed E-state index contributed by atoms with van der Waals surface area (Å²) in [6.07, 6.45) is 2.26. The zero-order chi connectivity index (χ0) is 13.5. The quantitative estimate of drug-likeness (QED) is 0.686. The highest BCUT2D eigenvalue weighted by Gasteiger charge is 2.25. The molecule has 104 valence electrons. The molecule has 1 N–H and O–H groups in total. The van der Waals surface area contributed by atoms with Crippen molar-refractivity contribution in [1.29, 1.82) is 0 Å². The summed E-state index contributed by atoms with van der Waals surface area (Å²) >= 11 is 0. The third-order valence-corrected chi connectivity index (χ3v) is 3.06. The van der Waals surface area contributed by atoms with Crippen LogP contribution < -0.4 is 5.32 Å². The fraction of sp³-hybridized carbons (Fsp3) is 1.00. The molecule has 0 fully saturated rings. The van der Waals surface area contributed by atoms with Gasteiger partial charge in [-0.05, 0) is 51.5 Å². The molecule has 2 nitrogen and oxygen atoms in total. The van der Waals surface area contributed by atoms with Crippen molar-refractivity contribution in [3.05, 3.63) is 0 Å². The Balaban J connectivity index is 4.08. The van der Waals surface area contributed by atoms with Crippen LogP contribution in [0.3, 0.4) is 0 Å². The first kappa shape index (κ1) is 16.9. The molecule has 1 atom stereocenters. The van der Waals surface area contributed by atoms with Crippen molar-refractivity contribution in [2.75, 3.05) is 19.8 Å². The molecule has 0 rings (SSSR count). The van der Waals surface area contributed by atoms with Gasteiger partial charge in [-0.25, -0.2) is 0 Å². The van der Waals surface area contributed by atoms with Gasteiger partial charge in [-0.15, -0.1) is 0 Å². The van der Waals surface area contributed by atoms with Crippen LogP contribution in [0.15, 0.2) is 0 Å². The Bertz CT molecular complexity index is 188. The van der Waals surface area contributed by atoms with E-state index in [1.807, 2.05) is 0 Å². The normalized spacial score (nSPS) is 15.0. The highest BCUT2D eigenvalue weighted by Crippen LogP contribution is 2.28. The van der Waals surface area contributed by atoms with Crippen molar-refractivity contribution in [3.8, 4) is 0 Å². The summed E-state index contributed by atoms with van der Waals surface area (Å²) in [4.78, 5) is 0. The van der Waals surface area contributed by atoms with Crippen molar-refractivity contribution < 1.29 is 4.74 Å². The molecule has 0 aliphatic heterocycles. The largest absolute Gasteiger partial charge is 0.381 e. The van der Waals surface area contributed by atoms with Gasteiger partial charge in [0.05, 0.1) is 0 Å². The van der Waals surface area contributed by atoms with Gasteiger partial charge in [-0.3, -0.25) is 0 Å². The number of hydrogen-bond donors (Lipinski definition) is 1. The van der Waals surface area contributed by atoms with Crippen molar-refractivity contribution in [2.45, 2.75) is 66.8 Å². The number of nitrogens with one attached hydrogen (secondary N) is 1. The Labute approximate surface area is 109 Å². The molecule has 0 aromatic heterocycles. The van der Waals surface area contributed by atoms with Gasteiger partial charge in [0.1, 0.15) is 0 Å². The van der Waals surface area contributed by atoms with E-state index in [9.17, 15) is 0 Å². The van der Waals surface area contributed by atoms with Gasteiger partial charge >= 0.3 is 0 Å². The van der Waals surface area contributed by atoms with E-state index in [0.29, 0.717) is 11.3 Å². The second-order valence-electron chi connectivity index (χ2n) is 7.09. The van der Waals surface area contributed by atoms with Gasteiger partial charge in [-0.2, -0.15) is 0 Å². The fourth-order valence-corrected chi connectivity index (χ4v) is 1.74. The van der Waals surface area contributed by atoms with Crippen LogP contribution in [0, 0.1) is 11.3 Å². The molecule has 0 aliphatic rings. The highest BCUT2D eigenvalue weighted by molar-refractivity contribution is 4.80. The van der Waals surface area contributed by atoms with Crippen molar-refractivity contribution in [3.63, 3.8) is 0 Å². The molecule has 17 heavy (non-hydrogen) atoms. The number of rotatable bonds is 7. The Kier molecular flexibility index (Phi) is 7.34. The van der Waals surface area contributed by atoms with Crippen molar-refractivity contribution in [2.24, 2.45) is 11.3 Å². The summed E-state index contributed by atoms with van der Waals surface area (Å²) in [5.41, 5.74) is 0.543. The zero-order valence-electron chi connectivity index (χ0n) is 13.0. The van der Waals surface area contributed by atoms with E-state index in [0.717, 1.165) is 32.6 Å². The molecule has 0 aromatic carbocycles. The minimum absolute atomic E-state index is 0.202. The molecular weight excluding hydrogens is 210 g/mol. The lowest BCUT2D eigenvalue weighted by molar-refractivity contribution is 0.0944. The lowest BCUT2D eigenvalue weighted by Crippen LogP contribution is -2.42. The number of ether oxygens (including phenoxy) is 1. The molecule has 0 radical (unpaired) electrons. The first-order valence-electron chi connectivity index (χ1n) is 6.99. The van der Waals surface area contributed by atoms with Crippen LogP contribution in [0.1, 0.15) is 61.3 Å². The molecule has 2 heteroatoms. The van der Waals surface area contributed by atoms with Gasteiger partial charge in [-0.1, -0.05) is 27.7 Å². The smallest absolute Gasteiger partial charge is 0.0469 e. The van der Waals surface area contributed by atoms with Gasteiger partial charge in [0.25, 0.3) is 0 Å². The second-order valence-corrected chi connectivity index (χ2v) is 7.09. The van der Waals surface area contributed by atoms with E-state index < -0.39 is 0 Å². The monoisotopic (exact) mass is 243 g/mol. The summed E-state index contributed by atoms with van der Waals surface area (Å²) < 4.78 is 5.61. The molecule has 0 saturated heterocycles. The Morgan fingerprint density at radius 1 is 1.00 bits per heavy atom. The van der Waals surface area contributed by atoms with Gasteiger partial charge in [0.2, 0.25) is 0 Å². The molecule has 0 bridgehead atoms. The van der Waals surface area contributed by atoms with Crippen LogP contribution in [0.5, 0.6) is 0 Å². The molecule has 0 heterocycles. The van der Waals surface area contributed by atoms with Crippen LogP contribution in [0.2, 0.25) is 0 Å². The third kappa shape index (κ3) is 9.61. The molecule has 0 aliphatic carbocycles. The lowest BCUT2D eigenvalue weighted by atomic mass is 9.78. The van der Waals surface area contributed by atoms with Gasteiger partial charge in [0, 0.05) is 18.8 Å². The van der Waals surface area contributed by atoms with Crippen molar-refractivity contribution >= 4 is 0 Å². The Hall–Kier alpha value is -0.0800. The molecule has 0 spiro atoms. The fourth-order valence-electron chi connectivity index (χ4n) is 1.74. The average Bonchev–Trinajstić information content (AvgIpc) is 2.13. The van der Waals surface area contributed by atoms with Crippen LogP contribution >= 0.6 is 0 Å². The standard InChI is InChI=1S/C15H33NO/c1-8-10-17-11-9-13(14(2,3)4)12-16-15(5,6)7/h13,16H,8-12H2,1-7H3. The minimum Gasteiger partial charge on any atom is -0.381 e. The summed E-state index contributed by atoms with van der Waals surface area (Å²) in [6.45, 7) is 18.6.